The Bertz CT molecular complexity index is 605. The second-order valence-electron chi connectivity index (χ2n) is 7.09. The largest absolute Gasteiger partial charge is 0.375 e. The molecule has 1 aliphatic heterocycles. The van der Waals surface area contributed by atoms with E-state index in [4.69, 9.17) is 16.3 Å². The summed E-state index contributed by atoms with van der Waals surface area (Å²) in [6, 6.07) is 9.72. The van der Waals surface area contributed by atoms with Crippen LogP contribution in [-0.2, 0) is 4.74 Å². The van der Waals surface area contributed by atoms with E-state index < -0.39 is 0 Å². The molecule has 3 atom stereocenters. The van der Waals surface area contributed by atoms with Crippen molar-refractivity contribution in [3.63, 3.8) is 0 Å². The lowest BCUT2D eigenvalue weighted by atomic mass is 10.1. The van der Waals surface area contributed by atoms with Crippen molar-refractivity contribution in [2.75, 3.05) is 27.2 Å². The Labute approximate surface area is 155 Å². The molecule has 0 radical (unpaired) electrons. The predicted molar refractivity (Wildman–Crippen MR) is 103 cm³/mol. The van der Waals surface area contributed by atoms with Gasteiger partial charge in [0.25, 0.3) is 0 Å². The molecule has 3 rings (SSSR count). The first kappa shape index (κ1) is 18.5. The molecule has 2 fully saturated rings. The standard InChI is InChI=1S/C19H29ClN4O/c1-13-9-16(12-24(13)17-7-8-17)23-19(21-2)22-11-18(25-3)14-5-4-6-15(20)10-14/h4-6,10,13,16-18H,7-9,11-12H2,1-3H3,(H2,21,22,23). The van der Waals surface area contributed by atoms with E-state index in [1.165, 1.54) is 19.3 Å². The Morgan fingerprint density at radius 2 is 2.24 bits per heavy atom. The van der Waals surface area contributed by atoms with Crippen LogP contribution in [-0.4, -0.2) is 56.2 Å². The van der Waals surface area contributed by atoms with E-state index in [-0.39, 0.29) is 6.10 Å². The molecule has 1 aromatic rings. The van der Waals surface area contributed by atoms with Gasteiger partial charge in [0.2, 0.25) is 0 Å². The number of nitrogens with one attached hydrogen (secondary N) is 2. The SMILES string of the molecule is CN=C(NCC(OC)c1cccc(Cl)c1)NC1CC(C)N(C2CC2)C1. The van der Waals surface area contributed by atoms with Crippen LogP contribution < -0.4 is 10.6 Å². The fourth-order valence-corrected chi connectivity index (χ4v) is 3.90. The zero-order valence-corrected chi connectivity index (χ0v) is 16.1. The van der Waals surface area contributed by atoms with Crippen LogP contribution in [0.15, 0.2) is 29.3 Å². The lowest BCUT2D eigenvalue weighted by Crippen LogP contribution is -2.45. The number of methoxy groups -OCH3 is 1. The molecule has 1 saturated heterocycles. The molecule has 1 saturated carbocycles. The maximum absolute atomic E-state index is 6.09. The van der Waals surface area contributed by atoms with Gasteiger partial charge in [0.15, 0.2) is 5.96 Å². The van der Waals surface area contributed by atoms with E-state index in [1.54, 1.807) is 7.11 Å². The van der Waals surface area contributed by atoms with E-state index in [2.05, 4.69) is 27.4 Å². The van der Waals surface area contributed by atoms with Crippen molar-refractivity contribution < 1.29 is 4.74 Å². The first-order valence-corrected chi connectivity index (χ1v) is 9.49. The zero-order chi connectivity index (χ0) is 17.8. The quantitative estimate of drug-likeness (QED) is 0.602. The minimum Gasteiger partial charge on any atom is -0.375 e. The van der Waals surface area contributed by atoms with Crippen molar-refractivity contribution in [3.05, 3.63) is 34.9 Å². The van der Waals surface area contributed by atoms with Gasteiger partial charge in [0.1, 0.15) is 0 Å². The summed E-state index contributed by atoms with van der Waals surface area (Å²) in [5, 5.41) is 7.68. The molecule has 2 aliphatic rings. The number of likely N-dealkylation sites (tertiary alicyclic amines) is 1. The average molecular weight is 365 g/mol. The molecule has 1 aliphatic carbocycles. The summed E-state index contributed by atoms with van der Waals surface area (Å²) in [5.74, 6) is 0.832. The molecule has 1 aromatic carbocycles. The summed E-state index contributed by atoms with van der Waals surface area (Å²) in [7, 11) is 3.53. The van der Waals surface area contributed by atoms with Gasteiger partial charge < -0.3 is 15.4 Å². The minimum absolute atomic E-state index is 0.0669. The number of nitrogens with zero attached hydrogens (tertiary/aromatic N) is 2. The van der Waals surface area contributed by atoms with Crippen LogP contribution in [0, 0.1) is 0 Å². The molecule has 0 spiro atoms. The Balaban J connectivity index is 1.52. The highest BCUT2D eigenvalue weighted by atomic mass is 35.5. The van der Waals surface area contributed by atoms with Gasteiger partial charge in [-0.25, -0.2) is 0 Å². The number of ether oxygens (including phenoxy) is 1. The smallest absolute Gasteiger partial charge is 0.191 e. The second-order valence-corrected chi connectivity index (χ2v) is 7.52. The van der Waals surface area contributed by atoms with Crippen LogP contribution in [0.4, 0.5) is 0 Å². The van der Waals surface area contributed by atoms with Crippen molar-refractivity contribution in [1.82, 2.24) is 15.5 Å². The molecule has 1 heterocycles. The molecule has 0 aromatic heterocycles. The van der Waals surface area contributed by atoms with E-state index in [1.807, 2.05) is 31.3 Å². The number of halogens is 1. The fraction of sp³-hybridized carbons (Fsp3) is 0.632. The predicted octanol–water partition coefficient (Wildman–Crippen LogP) is 2.82. The molecular formula is C19H29ClN4O. The summed E-state index contributed by atoms with van der Waals surface area (Å²) in [6.07, 6.45) is 3.82. The van der Waals surface area contributed by atoms with Crippen LogP contribution in [0.5, 0.6) is 0 Å². The molecular weight excluding hydrogens is 336 g/mol. The van der Waals surface area contributed by atoms with Gasteiger partial charge >= 0.3 is 0 Å². The molecule has 3 unspecified atom stereocenters. The molecule has 138 valence electrons. The molecule has 0 amide bonds. The number of hydrogen-bond donors (Lipinski definition) is 2. The van der Waals surface area contributed by atoms with Gasteiger partial charge in [-0.3, -0.25) is 9.89 Å². The Morgan fingerprint density at radius 1 is 1.44 bits per heavy atom. The fourth-order valence-electron chi connectivity index (χ4n) is 3.70. The molecule has 6 heteroatoms. The minimum atomic E-state index is -0.0669. The summed E-state index contributed by atoms with van der Waals surface area (Å²) < 4.78 is 5.62. The third kappa shape index (κ3) is 4.87. The number of hydrogen-bond acceptors (Lipinski definition) is 3. The van der Waals surface area contributed by atoms with Crippen LogP contribution in [0.1, 0.15) is 37.9 Å². The third-order valence-electron chi connectivity index (χ3n) is 5.16. The topological polar surface area (TPSA) is 48.9 Å². The Kier molecular flexibility index (Phi) is 6.20. The van der Waals surface area contributed by atoms with Crippen LogP contribution in [0.3, 0.4) is 0 Å². The van der Waals surface area contributed by atoms with Gasteiger partial charge in [-0.05, 0) is 43.9 Å². The highest BCUT2D eigenvalue weighted by Gasteiger charge is 2.38. The summed E-state index contributed by atoms with van der Waals surface area (Å²) in [6.45, 7) is 4.08. The van der Waals surface area contributed by atoms with Gasteiger partial charge in [-0.15, -0.1) is 0 Å². The van der Waals surface area contributed by atoms with E-state index in [9.17, 15) is 0 Å². The van der Waals surface area contributed by atoms with Gasteiger partial charge in [-0.1, -0.05) is 23.7 Å². The van der Waals surface area contributed by atoms with Crippen molar-refractivity contribution in [2.24, 2.45) is 4.99 Å². The van der Waals surface area contributed by atoms with Gasteiger partial charge in [0, 0.05) is 50.4 Å². The first-order valence-electron chi connectivity index (χ1n) is 9.12. The maximum Gasteiger partial charge on any atom is 0.191 e. The van der Waals surface area contributed by atoms with Crippen molar-refractivity contribution in [1.29, 1.82) is 0 Å². The van der Waals surface area contributed by atoms with Crippen LogP contribution in [0.25, 0.3) is 0 Å². The lowest BCUT2D eigenvalue weighted by Gasteiger charge is -2.22. The maximum atomic E-state index is 6.09. The van der Waals surface area contributed by atoms with Gasteiger partial charge in [-0.2, -0.15) is 0 Å². The van der Waals surface area contributed by atoms with E-state index in [0.717, 1.165) is 29.1 Å². The van der Waals surface area contributed by atoms with Crippen molar-refractivity contribution >= 4 is 17.6 Å². The van der Waals surface area contributed by atoms with Crippen molar-refractivity contribution in [2.45, 2.75) is 50.4 Å². The van der Waals surface area contributed by atoms with Crippen LogP contribution >= 0.6 is 11.6 Å². The number of guanidine groups is 1. The molecule has 25 heavy (non-hydrogen) atoms. The number of rotatable bonds is 6. The van der Waals surface area contributed by atoms with Crippen molar-refractivity contribution in [3.8, 4) is 0 Å². The number of benzene rings is 1. The molecule has 2 N–H and O–H groups in total. The van der Waals surface area contributed by atoms with Crippen LogP contribution in [0.2, 0.25) is 5.02 Å². The highest BCUT2D eigenvalue weighted by Crippen LogP contribution is 2.33. The highest BCUT2D eigenvalue weighted by molar-refractivity contribution is 6.30. The second kappa shape index (κ2) is 8.39. The average Bonchev–Trinajstić information content (AvgIpc) is 3.38. The third-order valence-corrected chi connectivity index (χ3v) is 5.40. The van der Waals surface area contributed by atoms with Gasteiger partial charge in [0.05, 0.1) is 6.10 Å². The molecule has 0 bridgehead atoms. The Hall–Kier alpha value is -1.30. The summed E-state index contributed by atoms with van der Waals surface area (Å²) in [4.78, 5) is 7.01. The zero-order valence-electron chi connectivity index (χ0n) is 15.3. The Morgan fingerprint density at radius 3 is 2.88 bits per heavy atom. The van der Waals surface area contributed by atoms with E-state index >= 15 is 0 Å². The normalized spacial score (nSPS) is 25.8. The number of aliphatic imine (C=N–C) groups is 1. The summed E-state index contributed by atoms with van der Waals surface area (Å²) >= 11 is 6.09. The van der Waals surface area contributed by atoms with E-state index in [0.29, 0.717) is 18.6 Å². The molecule has 5 nitrogen and oxygen atoms in total. The lowest BCUT2D eigenvalue weighted by molar-refractivity contribution is 0.106. The first-order chi connectivity index (χ1) is 12.1. The summed E-state index contributed by atoms with van der Waals surface area (Å²) in [5.41, 5.74) is 1.06. The monoisotopic (exact) mass is 364 g/mol.